The summed E-state index contributed by atoms with van der Waals surface area (Å²) in [4.78, 5) is 21.8. The number of hydrogen-bond acceptors (Lipinski definition) is 7. The molecule has 2 aliphatic rings. The summed E-state index contributed by atoms with van der Waals surface area (Å²) in [6, 6.07) is 8.85. The second kappa shape index (κ2) is 11.2. The second-order valence-electron chi connectivity index (χ2n) is 8.73. The lowest BCUT2D eigenvalue weighted by atomic mass is 10.0. The van der Waals surface area contributed by atoms with Crippen LogP contribution in [0.15, 0.2) is 29.6 Å². The van der Waals surface area contributed by atoms with E-state index >= 15 is 0 Å². The average molecular weight is 458 g/mol. The zero-order valence-corrected chi connectivity index (χ0v) is 20.0. The Hall–Kier alpha value is -2.00. The molecule has 0 radical (unpaired) electrons. The smallest absolute Gasteiger partial charge is 0.251 e. The third kappa shape index (κ3) is 6.28. The number of hydrogen-bond donors (Lipinski definition) is 2. The molecule has 4 rings (SSSR count). The molecular weight excluding hydrogens is 422 g/mol. The van der Waals surface area contributed by atoms with E-state index in [9.17, 15) is 4.79 Å². The first-order valence-corrected chi connectivity index (χ1v) is 12.6. The van der Waals surface area contributed by atoms with E-state index in [0.717, 1.165) is 70.0 Å². The molecule has 7 nitrogen and oxygen atoms in total. The molecule has 1 atom stereocenters. The molecule has 3 heterocycles. The van der Waals surface area contributed by atoms with Crippen LogP contribution < -0.4 is 15.5 Å². The zero-order chi connectivity index (χ0) is 22.3. The molecule has 174 valence electrons. The summed E-state index contributed by atoms with van der Waals surface area (Å²) in [7, 11) is 0. The van der Waals surface area contributed by atoms with Crippen molar-refractivity contribution in [2.45, 2.75) is 38.8 Å². The first-order chi connectivity index (χ1) is 15.6. The van der Waals surface area contributed by atoms with Crippen molar-refractivity contribution in [2.24, 2.45) is 0 Å². The summed E-state index contributed by atoms with van der Waals surface area (Å²) in [6.45, 7) is 11.3. The van der Waals surface area contributed by atoms with E-state index in [1.165, 1.54) is 10.7 Å². The molecule has 2 saturated heterocycles. The molecule has 0 aliphatic carbocycles. The van der Waals surface area contributed by atoms with Crippen LogP contribution in [-0.4, -0.2) is 74.3 Å². The minimum absolute atomic E-state index is 0.000807. The third-order valence-corrected chi connectivity index (χ3v) is 7.45. The van der Waals surface area contributed by atoms with Crippen molar-refractivity contribution in [1.82, 2.24) is 20.5 Å². The van der Waals surface area contributed by atoms with Gasteiger partial charge < -0.3 is 20.3 Å². The predicted octanol–water partition coefficient (Wildman–Crippen LogP) is 2.83. The van der Waals surface area contributed by atoms with Crippen LogP contribution in [0.4, 0.5) is 5.69 Å². The largest absolute Gasteiger partial charge is 0.379 e. The Balaban J connectivity index is 1.20. The van der Waals surface area contributed by atoms with Gasteiger partial charge in [0, 0.05) is 67.6 Å². The fourth-order valence-electron chi connectivity index (χ4n) is 4.38. The van der Waals surface area contributed by atoms with Gasteiger partial charge in [-0.25, -0.2) is 4.98 Å². The van der Waals surface area contributed by atoms with Gasteiger partial charge in [-0.2, -0.15) is 0 Å². The van der Waals surface area contributed by atoms with Crippen LogP contribution in [0, 0.1) is 6.92 Å². The summed E-state index contributed by atoms with van der Waals surface area (Å²) in [5, 5.41) is 10.1. The van der Waals surface area contributed by atoms with Crippen LogP contribution in [0.5, 0.6) is 0 Å². The van der Waals surface area contributed by atoms with Crippen LogP contribution in [0.3, 0.4) is 0 Å². The summed E-state index contributed by atoms with van der Waals surface area (Å²) >= 11 is 1.74. The molecule has 0 unspecified atom stereocenters. The van der Waals surface area contributed by atoms with Crippen molar-refractivity contribution in [3.63, 3.8) is 0 Å². The van der Waals surface area contributed by atoms with Crippen LogP contribution in [0.25, 0.3) is 0 Å². The lowest BCUT2D eigenvalue weighted by Gasteiger charge is -2.35. The highest BCUT2D eigenvalue weighted by Gasteiger charge is 2.22. The number of morpholine rings is 1. The molecule has 2 N–H and O–H groups in total. The highest BCUT2D eigenvalue weighted by Crippen LogP contribution is 2.23. The molecule has 1 aromatic carbocycles. The van der Waals surface area contributed by atoms with E-state index in [1.54, 1.807) is 11.3 Å². The Morgan fingerprint density at radius 1 is 1.19 bits per heavy atom. The molecule has 1 aromatic heterocycles. The van der Waals surface area contributed by atoms with Gasteiger partial charge in [0.15, 0.2) is 0 Å². The number of carbonyl (C=O) groups is 1. The summed E-state index contributed by atoms with van der Waals surface area (Å²) in [5.74, 6) is -0.000807. The summed E-state index contributed by atoms with van der Waals surface area (Å²) < 4.78 is 5.36. The first-order valence-electron chi connectivity index (χ1n) is 11.7. The third-order valence-electron chi connectivity index (χ3n) is 6.30. The van der Waals surface area contributed by atoms with Gasteiger partial charge in [0.25, 0.3) is 5.91 Å². The topological polar surface area (TPSA) is 69.7 Å². The summed E-state index contributed by atoms with van der Waals surface area (Å²) in [5.41, 5.74) is 3.01. The highest BCUT2D eigenvalue weighted by molar-refractivity contribution is 7.09. The highest BCUT2D eigenvalue weighted by atomic mass is 32.1. The number of anilines is 1. The maximum Gasteiger partial charge on any atom is 0.251 e. The van der Waals surface area contributed by atoms with Crippen molar-refractivity contribution < 1.29 is 9.53 Å². The molecule has 1 amide bonds. The monoisotopic (exact) mass is 457 g/mol. The van der Waals surface area contributed by atoms with Gasteiger partial charge in [0.2, 0.25) is 0 Å². The number of aromatic nitrogens is 1. The van der Waals surface area contributed by atoms with Gasteiger partial charge in [0.1, 0.15) is 5.01 Å². The SMILES string of the molecule is Cc1csc([C@H](C)NC2CCN(c3ccc(C(=O)NCCN4CCOCC4)cc3)CC2)n1. The van der Waals surface area contributed by atoms with E-state index in [2.05, 4.69) is 49.9 Å². The summed E-state index contributed by atoms with van der Waals surface area (Å²) in [6.07, 6.45) is 2.22. The quantitative estimate of drug-likeness (QED) is 0.635. The van der Waals surface area contributed by atoms with E-state index in [4.69, 9.17) is 4.74 Å². The molecule has 2 aliphatic heterocycles. The molecule has 0 spiro atoms. The normalized spacial score (nSPS) is 19.1. The minimum atomic E-state index is -0.000807. The molecular formula is C24H35N5O2S. The Bertz CT molecular complexity index is 858. The zero-order valence-electron chi connectivity index (χ0n) is 19.2. The predicted molar refractivity (Wildman–Crippen MR) is 130 cm³/mol. The van der Waals surface area contributed by atoms with E-state index in [0.29, 0.717) is 18.6 Å². The Morgan fingerprint density at radius 3 is 2.56 bits per heavy atom. The fraction of sp³-hybridized carbons (Fsp3) is 0.583. The molecule has 0 saturated carbocycles. The lowest BCUT2D eigenvalue weighted by molar-refractivity contribution is 0.0383. The minimum Gasteiger partial charge on any atom is -0.379 e. The Kier molecular flexibility index (Phi) is 8.13. The molecule has 8 heteroatoms. The number of nitrogens with one attached hydrogen (secondary N) is 2. The van der Waals surface area contributed by atoms with Crippen LogP contribution in [-0.2, 0) is 4.74 Å². The Labute approximate surface area is 195 Å². The molecule has 32 heavy (non-hydrogen) atoms. The van der Waals surface area contributed by atoms with Gasteiger partial charge in [0.05, 0.1) is 19.3 Å². The van der Waals surface area contributed by atoms with Crippen molar-refractivity contribution >= 4 is 22.9 Å². The van der Waals surface area contributed by atoms with Gasteiger partial charge in [-0.15, -0.1) is 11.3 Å². The van der Waals surface area contributed by atoms with Gasteiger partial charge in [-0.3, -0.25) is 9.69 Å². The van der Waals surface area contributed by atoms with E-state index < -0.39 is 0 Å². The number of rotatable bonds is 8. The van der Waals surface area contributed by atoms with Crippen LogP contribution in [0.2, 0.25) is 0 Å². The van der Waals surface area contributed by atoms with Gasteiger partial charge in [-0.1, -0.05) is 0 Å². The average Bonchev–Trinajstić information content (AvgIpc) is 3.27. The van der Waals surface area contributed by atoms with Crippen LogP contribution in [0.1, 0.15) is 46.9 Å². The maximum atomic E-state index is 12.5. The number of benzene rings is 1. The van der Waals surface area contributed by atoms with Crippen molar-refractivity contribution in [1.29, 1.82) is 0 Å². The van der Waals surface area contributed by atoms with Crippen molar-refractivity contribution in [2.75, 3.05) is 57.4 Å². The van der Waals surface area contributed by atoms with Crippen molar-refractivity contribution in [3.05, 3.63) is 45.9 Å². The van der Waals surface area contributed by atoms with E-state index in [-0.39, 0.29) is 5.91 Å². The number of aryl methyl sites for hydroxylation is 1. The maximum absolute atomic E-state index is 12.5. The fourth-order valence-corrected chi connectivity index (χ4v) is 5.19. The Morgan fingerprint density at radius 2 is 1.91 bits per heavy atom. The molecule has 0 bridgehead atoms. The standard InChI is InChI=1S/C24H35N5O2S/c1-18-17-32-24(26-18)19(2)27-21-7-10-29(11-8-21)22-5-3-20(4-6-22)23(30)25-9-12-28-13-15-31-16-14-28/h3-6,17,19,21,27H,7-16H2,1-2H3,(H,25,30)/t19-/m0/s1. The number of ether oxygens (including phenoxy) is 1. The number of amides is 1. The number of nitrogens with zero attached hydrogens (tertiary/aromatic N) is 3. The molecule has 2 fully saturated rings. The lowest BCUT2D eigenvalue weighted by Crippen LogP contribution is -2.43. The number of piperidine rings is 1. The van der Waals surface area contributed by atoms with Gasteiger partial charge >= 0.3 is 0 Å². The number of carbonyl (C=O) groups excluding carboxylic acids is 1. The second-order valence-corrected chi connectivity index (χ2v) is 9.62. The van der Waals surface area contributed by atoms with Crippen molar-refractivity contribution in [3.8, 4) is 0 Å². The first kappa shape index (κ1) is 23.2. The van der Waals surface area contributed by atoms with E-state index in [1.807, 2.05) is 19.1 Å². The number of thiazole rings is 1. The molecule has 2 aromatic rings. The van der Waals surface area contributed by atoms with Gasteiger partial charge in [-0.05, 0) is 51.0 Å². The van der Waals surface area contributed by atoms with Crippen LogP contribution >= 0.6 is 11.3 Å².